The molecule has 0 aromatic heterocycles. The van der Waals surface area contributed by atoms with Crippen LogP contribution in [-0.2, 0) is 11.1 Å². The summed E-state index contributed by atoms with van der Waals surface area (Å²) in [6, 6.07) is 0. The van der Waals surface area contributed by atoms with Gasteiger partial charge in [-0.05, 0) is 0 Å². The van der Waals surface area contributed by atoms with Gasteiger partial charge in [0.05, 0.1) is 8.07 Å². The molecule has 4 heteroatoms. The first kappa shape index (κ1) is 8.33. The van der Waals surface area contributed by atoms with Gasteiger partial charge in [0.15, 0.2) is 0 Å². The quantitative estimate of drug-likeness (QED) is 0.431. The molecule has 0 aliphatic carbocycles. The summed E-state index contributed by atoms with van der Waals surface area (Å²) in [5.41, 5.74) is 0. The first-order valence-electron chi connectivity index (χ1n) is 2.48. The van der Waals surface area contributed by atoms with Gasteiger partial charge in [-0.2, -0.15) is 0 Å². The van der Waals surface area contributed by atoms with Crippen molar-refractivity contribution >= 4 is 19.2 Å². The van der Waals surface area contributed by atoms with E-state index in [9.17, 15) is 8.76 Å². The third kappa shape index (κ3) is 6.33. The van der Waals surface area contributed by atoms with Crippen molar-refractivity contribution in [3.8, 4) is 0 Å². The molecule has 8 heavy (non-hydrogen) atoms. The highest BCUT2D eigenvalue weighted by molar-refractivity contribution is 7.81. The van der Waals surface area contributed by atoms with Crippen molar-refractivity contribution < 1.29 is 8.76 Å². The Morgan fingerprint density at radius 3 is 1.88 bits per heavy atom. The molecule has 0 heterocycles. The minimum absolute atomic E-state index is 0.382. The Hall–Kier alpha value is 0.327. The lowest BCUT2D eigenvalue weighted by molar-refractivity contribution is 0.541. The van der Waals surface area contributed by atoms with E-state index < -0.39 is 19.2 Å². The van der Waals surface area contributed by atoms with E-state index in [1.165, 1.54) is 0 Å². The largest absolute Gasteiger partial charge is 0.773 e. The van der Waals surface area contributed by atoms with Crippen LogP contribution in [0.4, 0.5) is 0 Å². The molecule has 0 rings (SSSR count). The van der Waals surface area contributed by atoms with Gasteiger partial charge < -0.3 is 4.55 Å². The molecule has 1 unspecified atom stereocenters. The van der Waals surface area contributed by atoms with E-state index in [-0.39, 0.29) is 0 Å². The third-order valence-electron chi connectivity index (χ3n) is 0.551. The smallest absolute Gasteiger partial charge is 0.0566 e. The van der Waals surface area contributed by atoms with Crippen molar-refractivity contribution in [1.29, 1.82) is 0 Å². The van der Waals surface area contributed by atoms with Crippen LogP contribution in [0, 0.1) is 0 Å². The van der Waals surface area contributed by atoms with E-state index in [1.54, 1.807) is 0 Å². The molecule has 0 aromatic rings. The minimum atomic E-state index is -1.82. The fraction of sp³-hybridized carbons (Fsp3) is 1.00. The highest BCUT2D eigenvalue weighted by Crippen LogP contribution is 2.00. The molecule has 0 saturated carbocycles. The maximum atomic E-state index is 10.0. The zero-order valence-electron chi connectivity index (χ0n) is 5.43. The fourth-order valence-corrected chi connectivity index (χ4v) is 3.18. The lowest BCUT2D eigenvalue weighted by Crippen LogP contribution is -2.28. The van der Waals surface area contributed by atoms with Gasteiger partial charge in [0.1, 0.15) is 0 Å². The zero-order valence-corrected chi connectivity index (χ0v) is 7.25. The van der Waals surface area contributed by atoms with Crippen LogP contribution in [-0.4, -0.2) is 22.2 Å². The van der Waals surface area contributed by atoms with Gasteiger partial charge >= 0.3 is 0 Å². The monoisotopic (exact) mass is 151 g/mol. The summed E-state index contributed by atoms with van der Waals surface area (Å²) in [5.74, 6) is 0. The Balaban J connectivity index is 3.55. The van der Waals surface area contributed by atoms with Crippen LogP contribution < -0.4 is 0 Å². The fourth-order valence-electron chi connectivity index (χ4n) is 0.354. The standard InChI is InChI=1S/C4H12O2SSi/c1-8(2,3)4-7(5)6/h4H2,1-3H3,(H,5,6)/p-1. The van der Waals surface area contributed by atoms with E-state index in [0.29, 0.717) is 5.38 Å². The lowest BCUT2D eigenvalue weighted by Gasteiger charge is -2.16. The zero-order chi connectivity index (χ0) is 6.78. The molecule has 50 valence electrons. The van der Waals surface area contributed by atoms with Crippen molar-refractivity contribution in [1.82, 2.24) is 0 Å². The van der Waals surface area contributed by atoms with Crippen molar-refractivity contribution in [2.24, 2.45) is 0 Å². The molecule has 2 nitrogen and oxygen atoms in total. The molecule has 0 radical (unpaired) electrons. The molecule has 0 aliphatic heterocycles. The molecule has 0 saturated heterocycles. The average Bonchev–Trinajstić information content (AvgIpc) is 1.21. The minimum Gasteiger partial charge on any atom is -0.773 e. The van der Waals surface area contributed by atoms with Crippen LogP contribution in [0.25, 0.3) is 0 Å². The van der Waals surface area contributed by atoms with Crippen molar-refractivity contribution in [3.05, 3.63) is 0 Å². The average molecular weight is 151 g/mol. The van der Waals surface area contributed by atoms with Gasteiger partial charge in [-0.25, -0.2) is 0 Å². The van der Waals surface area contributed by atoms with Gasteiger partial charge in [-0.3, -0.25) is 4.21 Å². The maximum absolute atomic E-state index is 10.0. The Morgan fingerprint density at radius 2 is 1.88 bits per heavy atom. The van der Waals surface area contributed by atoms with Crippen LogP contribution in [0.5, 0.6) is 0 Å². The van der Waals surface area contributed by atoms with Crippen molar-refractivity contribution in [2.45, 2.75) is 19.6 Å². The van der Waals surface area contributed by atoms with Gasteiger partial charge in [-0.1, -0.05) is 30.7 Å². The van der Waals surface area contributed by atoms with Gasteiger partial charge in [0, 0.05) is 5.38 Å². The van der Waals surface area contributed by atoms with Gasteiger partial charge in [-0.15, -0.1) is 0 Å². The predicted molar refractivity (Wildman–Crippen MR) is 37.1 cm³/mol. The Kier molecular flexibility index (Phi) is 2.86. The van der Waals surface area contributed by atoms with Crippen LogP contribution in [0.2, 0.25) is 19.6 Å². The summed E-state index contributed by atoms with van der Waals surface area (Å²) >= 11 is -1.82. The van der Waals surface area contributed by atoms with Crippen LogP contribution in [0.1, 0.15) is 0 Å². The van der Waals surface area contributed by atoms with E-state index in [1.807, 2.05) is 19.6 Å². The Morgan fingerprint density at radius 1 is 1.50 bits per heavy atom. The molecule has 1 atom stereocenters. The number of rotatable bonds is 2. The van der Waals surface area contributed by atoms with Crippen molar-refractivity contribution in [3.63, 3.8) is 0 Å². The number of hydrogen-bond acceptors (Lipinski definition) is 2. The molecule has 0 aromatic carbocycles. The van der Waals surface area contributed by atoms with E-state index in [2.05, 4.69) is 0 Å². The number of hydrogen-bond donors (Lipinski definition) is 0. The van der Waals surface area contributed by atoms with Crippen molar-refractivity contribution in [2.75, 3.05) is 5.38 Å². The Bertz CT molecular complexity index is 96.7. The third-order valence-corrected chi connectivity index (χ3v) is 4.96. The van der Waals surface area contributed by atoms with Crippen LogP contribution in [0.3, 0.4) is 0 Å². The van der Waals surface area contributed by atoms with E-state index >= 15 is 0 Å². The highest BCUT2D eigenvalue weighted by Gasteiger charge is 2.11. The first-order chi connectivity index (χ1) is 3.42. The SMILES string of the molecule is C[Si](C)(C)CS(=O)[O-]. The summed E-state index contributed by atoms with van der Waals surface area (Å²) < 4.78 is 20.1. The second kappa shape index (κ2) is 2.75. The molecule has 0 amide bonds. The summed E-state index contributed by atoms with van der Waals surface area (Å²) in [6.45, 7) is 6.09. The van der Waals surface area contributed by atoms with E-state index in [4.69, 9.17) is 0 Å². The Labute approximate surface area is 53.6 Å². The topological polar surface area (TPSA) is 40.1 Å². The molecule has 0 spiro atoms. The summed E-state index contributed by atoms with van der Waals surface area (Å²) in [7, 11) is -1.33. The maximum Gasteiger partial charge on any atom is 0.0566 e. The normalized spacial score (nSPS) is 16.0. The molecule has 0 aliphatic rings. The first-order valence-corrected chi connectivity index (χ1v) is 7.43. The van der Waals surface area contributed by atoms with Gasteiger partial charge in [0.2, 0.25) is 0 Å². The van der Waals surface area contributed by atoms with Gasteiger partial charge in [0.25, 0.3) is 0 Å². The highest BCUT2D eigenvalue weighted by atomic mass is 32.2. The van der Waals surface area contributed by atoms with Crippen LogP contribution in [0.15, 0.2) is 0 Å². The summed E-state index contributed by atoms with van der Waals surface area (Å²) in [5, 5.41) is 0.382. The summed E-state index contributed by atoms with van der Waals surface area (Å²) in [6.07, 6.45) is 0. The summed E-state index contributed by atoms with van der Waals surface area (Å²) in [4.78, 5) is 0. The van der Waals surface area contributed by atoms with Crippen LogP contribution >= 0.6 is 0 Å². The molecule has 0 N–H and O–H groups in total. The molecule has 0 bridgehead atoms. The predicted octanol–water partition coefficient (Wildman–Crippen LogP) is 0.743. The molecular formula is C4H11O2SSi-. The molecule has 0 fully saturated rings. The second-order valence-corrected chi connectivity index (χ2v) is 9.89. The van der Waals surface area contributed by atoms with E-state index in [0.717, 1.165) is 0 Å². The lowest BCUT2D eigenvalue weighted by atomic mass is 11.8. The molecular weight excluding hydrogens is 140 g/mol. The second-order valence-electron chi connectivity index (χ2n) is 3.01.